The zero-order valence-electron chi connectivity index (χ0n) is 13.8. The molecule has 0 bridgehead atoms. The molecule has 126 valence electrons. The molecule has 1 saturated heterocycles. The Balaban J connectivity index is 1.74. The van der Waals surface area contributed by atoms with Gasteiger partial charge in [-0.15, -0.1) is 0 Å². The Bertz CT molecular complexity index is 780. The zero-order chi connectivity index (χ0) is 17.1. The van der Waals surface area contributed by atoms with E-state index < -0.39 is 0 Å². The summed E-state index contributed by atoms with van der Waals surface area (Å²) in [5, 5.41) is 0. The molecule has 0 atom stereocenters. The largest absolute Gasteiger partial charge is 0.496 e. The highest BCUT2D eigenvalue weighted by Crippen LogP contribution is 2.19. The number of carbonyl (C=O) groups excluding carboxylic acids is 1. The maximum Gasteiger partial charge on any atom is 0.259 e. The van der Waals surface area contributed by atoms with Crippen LogP contribution in [0.1, 0.15) is 10.4 Å². The molecule has 0 aliphatic carbocycles. The maximum absolute atomic E-state index is 12.8. The average molecular weight is 328 g/mol. The van der Waals surface area contributed by atoms with Crippen molar-refractivity contribution in [1.29, 1.82) is 0 Å². The van der Waals surface area contributed by atoms with Gasteiger partial charge in [0.1, 0.15) is 11.6 Å². The van der Waals surface area contributed by atoms with E-state index in [9.17, 15) is 9.59 Å². The summed E-state index contributed by atoms with van der Waals surface area (Å²) < 4.78 is 6.59. The van der Waals surface area contributed by atoms with Gasteiger partial charge in [-0.3, -0.25) is 9.59 Å². The number of carbonyl (C=O) groups is 1. The van der Waals surface area contributed by atoms with Crippen LogP contribution in [-0.4, -0.2) is 53.6 Å². The lowest BCUT2D eigenvalue weighted by molar-refractivity contribution is 0.0742. The number of rotatable bonds is 3. The predicted molar refractivity (Wildman–Crippen MR) is 90.6 cm³/mol. The van der Waals surface area contributed by atoms with E-state index in [-0.39, 0.29) is 11.5 Å². The number of anilines is 1. The van der Waals surface area contributed by atoms with Gasteiger partial charge in [0.05, 0.1) is 12.7 Å². The summed E-state index contributed by atoms with van der Waals surface area (Å²) in [4.78, 5) is 32.8. The van der Waals surface area contributed by atoms with E-state index in [1.165, 1.54) is 23.9 Å². The molecule has 2 aromatic heterocycles. The maximum atomic E-state index is 12.8. The summed E-state index contributed by atoms with van der Waals surface area (Å²) in [6.45, 7) is 2.64. The van der Waals surface area contributed by atoms with Gasteiger partial charge in [0.15, 0.2) is 0 Å². The minimum atomic E-state index is -0.205. The van der Waals surface area contributed by atoms with Crippen LogP contribution in [0.25, 0.3) is 0 Å². The molecule has 0 aromatic carbocycles. The Hall–Kier alpha value is -2.83. The van der Waals surface area contributed by atoms with E-state index in [1.54, 1.807) is 18.1 Å². The molecule has 2 aromatic rings. The number of amides is 1. The molecule has 1 amide bonds. The van der Waals surface area contributed by atoms with Gasteiger partial charge in [0, 0.05) is 51.7 Å². The lowest BCUT2D eigenvalue weighted by Gasteiger charge is -2.35. The van der Waals surface area contributed by atoms with Gasteiger partial charge in [-0.1, -0.05) is 6.07 Å². The highest BCUT2D eigenvalue weighted by molar-refractivity contribution is 5.96. The quantitative estimate of drug-likeness (QED) is 0.832. The van der Waals surface area contributed by atoms with Crippen molar-refractivity contribution in [2.45, 2.75) is 0 Å². The van der Waals surface area contributed by atoms with E-state index in [0.717, 1.165) is 18.9 Å². The molecule has 0 radical (unpaired) electrons. The Morgan fingerprint density at radius 1 is 1.21 bits per heavy atom. The van der Waals surface area contributed by atoms with Crippen LogP contribution in [0.2, 0.25) is 0 Å². The van der Waals surface area contributed by atoms with Crippen molar-refractivity contribution in [3.63, 3.8) is 0 Å². The number of nitrogens with zero attached hydrogens (tertiary/aromatic N) is 4. The standard InChI is InChI=1S/C17H20N4O3/c1-19-12-13(14(24-2)11-16(19)22)17(23)21-9-7-20(8-10-21)15-5-3-4-6-18-15/h3-6,11-12H,7-10H2,1-2H3. The number of aryl methyl sites for hydroxylation is 1. The molecule has 0 N–H and O–H groups in total. The van der Waals surface area contributed by atoms with Crippen LogP contribution in [0.5, 0.6) is 5.75 Å². The second kappa shape index (κ2) is 6.74. The minimum Gasteiger partial charge on any atom is -0.496 e. The lowest BCUT2D eigenvalue weighted by Crippen LogP contribution is -2.49. The van der Waals surface area contributed by atoms with Crippen LogP contribution in [0.4, 0.5) is 5.82 Å². The fraction of sp³-hybridized carbons (Fsp3) is 0.353. The molecular weight excluding hydrogens is 308 g/mol. The van der Waals surface area contributed by atoms with Crippen LogP contribution in [0, 0.1) is 0 Å². The van der Waals surface area contributed by atoms with Gasteiger partial charge in [0.25, 0.3) is 11.5 Å². The second-order valence-electron chi connectivity index (χ2n) is 5.67. The fourth-order valence-electron chi connectivity index (χ4n) is 2.79. The Labute approximate surface area is 140 Å². The number of methoxy groups -OCH3 is 1. The number of piperazine rings is 1. The van der Waals surface area contributed by atoms with Crippen LogP contribution in [0.15, 0.2) is 41.5 Å². The molecule has 3 rings (SSSR count). The summed E-state index contributed by atoms with van der Waals surface area (Å²) >= 11 is 0. The monoisotopic (exact) mass is 328 g/mol. The van der Waals surface area contributed by atoms with Crippen molar-refractivity contribution in [2.75, 3.05) is 38.2 Å². The zero-order valence-corrected chi connectivity index (χ0v) is 13.8. The van der Waals surface area contributed by atoms with Crippen molar-refractivity contribution in [1.82, 2.24) is 14.5 Å². The summed E-state index contributed by atoms with van der Waals surface area (Å²) in [5.41, 5.74) is 0.203. The van der Waals surface area contributed by atoms with Crippen LogP contribution >= 0.6 is 0 Å². The first-order chi connectivity index (χ1) is 11.6. The third kappa shape index (κ3) is 3.10. The van der Waals surface area contributed by atoms with Crippen LogP contribution < -0.4 is 15.2 Å². The van der Waals surface area contributed by atoms with Gasteiger partial charge in [0.2, 0.25) is 0 Å². The molecule has 0 unspecified atom stereocenters. The number of ether oxygens (including phenoxy) is 1. The first-order valence-electron chi connectivity index (χ1n) is 7.80. The molecule has 7 nitrogen and oxygen atoms in total. The first-order valence-corrected chi connectivity index (χ1v) is 7.80. The van der Waals surface area contributed by atoms with Gasteiger partial charge in [-0.2, -0.15) is 0 Å². The van der Waals surface area contributed by atoms with Crippen molar-refractivity contribution < 1.29 is 9.53 Å². The van der Waals surface area contributed by atoms with Crippen LogP contribution in [0.3, 0.4) is 0 Å². The smallest absolute Gasteiger partial charge is 0.259 e. The van der Waals surface area contributed by atoms with E-state index in [1.807, 2.05) is 18.2 Å². The predicted octanol–water partition coefficient (Wildman–Crippen LogP) is 0.751. The van der Waals surface area contributed by atoms with Crippen molar-refractivity contribution in [3.05, 3.63) is 52.6 Å². The van der Waals surface area contributed by atoms with Crippen molar-refractivity contribution >= 4 is 11.7 Å². The number of aromatic nitrogens is 2. The topological polar surface area (TPSA) is 67.7 Å². The summed E-state index contributed by atoms with van der Waals surface area (Å²) in [7, 11) is 3.09. The van der Waals surface area contributed by atoms with Gasteiger partial charge < -0.3 is 19.1 Å². The Morgan fingerprint density at radius 3 is 2.58 bits per heavy atom. The normalized spacial score (nSPS) is 14.6. The molecule has 0 saturated carbocycles. The van der Waals surface area contributed by atoms with E-state index in [4.69, 9.17) is 4.74 Å². The van der Waals surface area contributed by atoms with Crippen molar-refractivity contribution in [2.24, 2.45) is 7.05 Å². The SMILES string of the molecule is COc1cc(=O)n(C)cc1C(=O)N1CCN(c2ccccn2)CC1. The minimum absolute atomic E-state index is 0.122. The lowest BCUT2D eigenvalue weighted by atomic mass is 10.2. The van der Waals surface area contributed by atoms with Crippen LogP contribution in [-0.2, 0) is 7.05 Å². The molecule has 24 heavy (non-hydrogen) atoms. The highest BCUT2D eigenvalue weighted by atomic mass is 16.5. The van der Waals surface area contributed by atoms with Gasteiger partial charge in [-0.25, -0.2) is 4.98 Å². The molecule has 0 spiro atoms. The summed E-state index contributed by atoms with van der Waals surface area (Å²) in [6.07, 6.45) is 3.30. The number of hydrogen-bond donors (Lipinski definition) is 0. The van der Waals surface area contributed by atoms with Crippen molar-refractivity contribution in [3.8, 4) is 5.75 Å². The summed E-state index contributed by atoms with van der Waals surface area (Å²) in [6, 6.07) is 7.15. The molecule has 3 heterocycles. The third-order valence-electron chi connectivity index (χ3n) is 4.18. The molecule has 7 heteroatoms. The van der Waals surface area contributed by atoms with Gasteiger partial charge in [-0.05, 0) is 12.1 Å². The third-order valence-corrected chi connectivity index (χ3v) is 4.18. The molecule has 1 aliphatic heterocycles. The van der Waals surface area contributed by atoms with E-state index in [2.05, 4.69) is 9.88 Å². The number of hydrogen-bond acceptors (Lipinski definition) is 5. The molecule has 1 fully saturated rings. The fourth-order valence-corrected chi connectivity index (χ4v) is 2.79. The second-order valence-corrected chi connectivity index (χ2v) is 5.67. The summed E-state index contributed by atoms with van der Waals surface area (Å²) in [5.74, 6) is 1.11. The highest BCUT2D eigenvalue weighted by Gasteiger charge is 2.25. The molecular formula is C17H20N4O3. The van der Waals surface area contributed by atoms with Gasteiger partial charge >= 0.3 is 0 Å². The Morgan fingerprint density at radius 2 is 1.96 bits per heavy atom. The van der Waals surface area contributed by atoms with E-state index in [0.29, 0.717) is 24.4 Å². The first kappa shape index (κ1) is 16.0. The Kier molecular flexibility index (Phi) is 4.50. The van der Waals surface area contributed by atoms with E-state index >= 15 is 0 Å². The number of pyridine rings is 2. The average Bonchev–Trinajstić information content (AvgIpc) is 2.64. The molecule has 1 aliphatic rings.